The standard InChI is InChI=1S/C14H14O2S2/c1-14(15-8-9-16-14)11-4-6-12(7-5-11)18-13-3-2-10-17-13/h2-7,10H,8-9H2,1H3. The van der Waals surface area contributed by atoms with Crippen molar-refractivity contribution in [2.45, 2.75) is 21.8 Å². The van der Waals surface area contributed by atoms with Crippen molar-refractivity contribution in [1.82, 2.24) is 0 Å². The van der Waals surface area contributed by atoms with E-state index in [9.17, 15) is 0 Å². The summed E-state index contributed by atoms with van der Waals surface area (Å²) < 4.78 is 12.6. The van der Waals surface area contributed by atoms with Crippen LogP contribution in [0.3, 0.4) is 0 Å². The van der Waals surface area contributed by atoms with Gasteiger partial charge in [-0.25, -0.2) is 0 Å². The van der Waals surface area contributed by atoms with E-state index in [2.05, 4.69) is 41.8 Å². The third-order valence-electron chi connectivity index (χ3n) is 2.93. The second-order valence-electron chi connectivity index (χ2n) is 4.20. The maximum absolute atomic E-state index is 5.65. The largest absolute Gasteiger partial charge is 0.344 e. The predicted octanol–water partition coefficient (Wildman–Crippen LogP) is 4.12. The van der Waals surface area contributed by atoms with Crippen molar-refractivity contribution < 1.29 is 9.47 Å². The predicted molar refractivity (Wildman–Crippen MR) is 74.1 cm³/mol. The molecule has 94 valence electrons. The molecule has 0 amide bonds. The summed E-state index contributed by atoms with van der Waals surface area (Å²) in [5.41, 5.74) is 1.08. The van der Waals surface area contributed by atoms with Crippen LogP contribution in [0.4, 0.5) is 0 Å². The molecular weight excluding hydrogens is 264 g/mol. The zero-order valence-electron chi connectivity index (χ0n) is 10.1. The summed E-state index contributed by atoms with van der Waals surface area (Å²) in [7, 11) is 0. The number of ether oxygens (including phenoxy) is 2. The Hall–Kier alpha value is -0.810. The maximum Gasteiger partial charge on any atom is 0.192 e. The van der Waals surface area contributed by atoms with Crippen molar-refractivity contribution in [1.29, 1.82) is 0 Å². The molecule has 2 nitrogen and oxygen atoms in total. The quantitative estimate of drug-likeness (QED) is 0.841. The molecule has 0 atom stereocenters. The van der Waals surface area contributed by atoms with Crippen LogP contribution in [0, 0.1) is 0 Å². The molecule has 18 heavy (non-hydrogen) atoms. The summed E-state index contributed by atoms with van der Waals surface area (Å²) in [6.07, 6.45) is 0. The fraction of sp³-hybridized carbons (Fsp3) is 0.286. The summed E-state index contributed by atoms with van der Waals surface area (Å²) in [4.78, 5) is 1.24. The molecule has 2 heterocycles. The molecule has 3 rings (SSSR count). The molecule has 1 fully saturated rings. The lowest BCUT2D eigenvalue weighted by molar-refractivity contribution is -0.149. The van der Waals surface area contributed by atoms with Crippen molar-refractivity contribution in [3.8, 4) is 0 Å². The van der Waals surface area contributed by atoms with Crippen molar-refractivity contribution in [2.24, 2.45) is 0 Å². The Kier molecular flexibility index (Phi) is 3.43. The van der Waals surface area contributed by atoms with Gasteiger partial charge in [-0.1, -0.05) is 30.0 Å². The van der Waals surface area contributed by atoms with Crippen molar-refractivity contribution >= 4 is 23.1 Å². The second-order valence-corrected chi connectivity index (χ2v) is 6.52. The van der Waals surface area contributed by atoms with Gasteiger partial charge in [-0.05, 0) is 30.5 Å². The Balaban J connectivity index is 1.76. The third-order valence-corrected chi connectivity index (χ3v) is 4.98. The molecule has 1 aliphatic heterocycles. The Labute approximate surface area is 115 Å². The van der Waals surface area contributed by atoms with E-state index in [1.807, 2.05) is 6.92 Å². The van der Waals surface area contributed by atoms with Gasteiger partial charge in [0.2, 0.25) is 0 Å². The lowest BCUT2D eigenvalue weighted by Crippen LogP contribution is -2.22. The van der Waals surface area contributed by atoms with Gasteiger partial charge >= 0.3 is 0 Å². The Morgan fingerprint density at radius 1 is 1.11 bits per heavy atom. The molecule has 0 spiro atoms. The van der Waals surface area contributed by atoms with Crippen LogP contribution in [0.5, 0.6) is 0 Å². The number of hydrogen-bond acceptors (Lipinski definition) is 4. The number of thiophene rings is 1. The Morgan fingerprint density at radius 3 is 2.44 bits per heavy atom. The smallest absolute Gasteiger partial charge is 0.192 e. The van der Waals surface area contributed by atoms with Crippen molar-refractivity contribution in [3.63, 3.8) is 0 Å². The Morgan fingerprint density at radius 2 is 1.83 bits per heavy atom. The molecule has 2 aromatic rings. The number of rotatable bonds is 3. The lowest BCUT2D eigenvalue weighted by Gasteiger charge is -2.22. The van der Waals surface area contributed by atoms with Crippen LogP contribution in [0.1, 0.15) is 12.5 Å². The molecule has 0 bridgehead atoms. The first-order chi connectivity index (χ1) is 8.76. The van der Waals surface area contributed by atoms with Crippen LogP contribution < -0.4 is 0 Å². The highest BCUT2D eigenvalue weighted by molar-refractivity contribution is 8.01. The number of benzene rings is 1. The molecule has 0 N–H and O–H groups in total. The fourth-order valence-electron chi connectivity index (χ4n) is 1.94. The van der Waals surface area contributed by atoms with E-state index in [0.717, 1.165) is 5.56 Å². The van der Waals surface area contributed by atoms with Gasteiger partial charge in [0, 0.05) is 10.5 Å². The minimum absolute atomic E-state index is 0.563. The first-order valence-electron chi connectivity index (χ1n) is 5.86. The van der Waals surface area contributed by atoms with Gasteiger partial charge in [0.25, 0.3) is 0 Å². The summed E-state index contributed by atoms with van der Waals surface area (Å²) >= 11 is 3.54. The van der Waals surface area contributed by atoms with E-state index in [4.69, 9.17) is 9.47 Å². The summed E-state index contributed by atoms with van der Waals surface area (Å²) in [6.45, 7) is 3.31. The topological polar surface area (TPSA) is 18.5 Å². The first kappa shape index (κ1) is 12.2. The minimum atomic E-state index is -0.563. The molecular formula is C14H14O2S2. The summed E-state index contributed by atoms with van der Waals surface area (Å²) in [6, 6.07) is 12.6. The van der Waals surface area contributed by atoms with Gasteiger partial charge in [0.1, 0.15) is 0 Å². The molecule has 0 unspecified atom stereocenters. The van der Waals surface area contributed by atoms with E-state index >= 15 is 0 Å². The minimum Gasteiger partial charge on any atom is -0.344 e. The van der Waals surface area contributed by atoms with Crippen LogP contribution in [0.25, 0.3) is 0 Å². The van der Waals surface area contributed by atoms with E-state index in [1.54, 1.807) is 23.1 Å². The second kappa shape index (κ2) is 5.05. The summed E-state index contributed by atoms with van der Waals surface area (Å²) in [5.74, 6) is -0.563. The highest BCUT2D eigenvalue weighted by Gasteiger charge is 2.32. The van der Waals surface area contributed by atoms with Crippen LogP contribution in [-0.4, -0.2) is 13.2 Å². The molecule has 1 aromatic carbocycles. The van der Waals surface area contributed by atoms with E-state index in [-0.39, 0.29) is 0 Å². The van der Waals surface area contributed by atoms with Crippen LogP contribution >= 0.6 is 23.1 Å². The zero-order chi connectivity index (χ0) is 12.4. The lowest BCUT2D eigenvalue weighted by atomic mass is 10.1. The average molecular weight is 278 g/mol. The molecule has 1 aromatic heterocycles. The molecule has 0 aliphatic carbocycles. The van der Waals surface area contributed by atoms with Gasteiger partial charge in [-0.15, -0.1) is 11.3 Å². The van der Waals surface area contributed by atoms with Crippen LogP contribution in [0.15, 0.2) is 50.9 Å². The molecule has 4 heteroatoms. The fourth-order valence-corrected chi connectivity index (χ4v) is 3.69. The van der Waals surface area contributed by atoms with Gasteiger partial charge in [0.05, 0.1) is 17.4 Å². The van der Waals surface area contributed by atoms with Gasteiger partial charge in [-0.2, -0.15) is 0 Å². The first-order valence-corrected chi connectivity index (χ1v) is 7.56. The maximum atomic E-state index is 5.65. The molecule has 0 radical (unpaired) electrons. The third kappa shape index (κ3) is 2.47. The van der Waals surface area contributed by atoms with Crippen molar-refractivity contribution in [3.05, 3.63) is 47.3 Å². The molecule has 1 aliphatic rings. The number of hydrogen-bond donors (Lipinski definition) is 0. The van der Waals surface area contributed by atoms with Crippen LogP contribution in [-0.2, 0) is 15.3 Å². The summed E-state index contributed by atoms with van der Waals surface area (Å²) in [5, 5.41) is 2.10. The van der Waals surface area contributed by atoms with Crippen LogP contribution in [0.2, 0.25) is 0 Å². The van der Waals surface area contributed by atoms with Gasteiger partial charge < -0.3 is 9.47 Å². The van der Waals surface area contributed by atoms with Crippen molar-refractivity contribution in [2.75, 3.05) is 13.2 Å². The average Bonchev–Trinajstić information content (AvgIpc) is 3.03. The SMILES string of the molecule is CC1(c2ccc(Sc3cccs3)cc2)OCCO1. The monoisotopic (exact) mass is 278 g/mol. The normalized spacial score (nSPS) is 18.1. The molecule has 1 saturated heterocycles. The van der Waals surface area contributed by atoms with E-state index in [1.165, 1.54) is 9.10 Å². The van der Waals surface area contributed by atoms with Gasteiger partial charge in [0.15, 0.2) is 5.79 Å². The Bertz CT molecular complexity index is 499. The van der Waals surface area contributed by atoms with E-state index < -0.39 is 5.79 Å². The van der Waals surface area contributed by atoms with E-state index in [0.29, 0.717) is 13.2 Å². The zero-order valence-corrected chi connectivity index (χ0v) is 11.7. The molecule has 0 saturated carbocycles. The highest BCUT2D eigenvalue weighted by atomic mass is 32.2. The highest BCUT2D eigenvalue weighted by Crippen LogP contribution is 2.35. The van der Waals surface area contributed by atoms with Gasteiger partial charge in [-0.3, -0.25) is 0 Å².